The summed E-state index contributed by atoms with van der Waals surface area (Å²) in [4.78, 5) is 4.37. The van der Waals surface area contributed by atoms with Gasteiger partial charge in [-0.1, -0.05) is 18.6 Å². The quantitative estimate of drug-likeness (QED) is 0.760. The van der Waals surface area contributed by atoms with E-state index >= 15 is 0 Å². The molecule has 0 aliphatic carbocycles. The molecular weight excluding hydrogens is 208 g/mol. The number of hydrogen-bond donors (Lipinski definition) is 2. The van der Waals surface area contributed by atoms with Crippen molar-refractivity contribution in [1.29, 1.82) is 0 Å². The Morgan fingerprint density at radius 3 is 3.20 bits per heavy atom. The summed E-state index contributed by atoms with van der Waals surface area (Å²) in [6.07, 6.45) is 4.29. The highest BCUT2D eigenvalue weighted by atomic mass is 32.1. The van der Waals surface area contributed by atoms with Gasteiger partial charge in [0.05, 0.1) is 0 Å². The maximum Gasteiger partial charge on any atom is 0.202 e. The lowest BCUT2D eigenvalue weighted by atomic mass is 10.1. The number of hydrogen-bond acceptors (Lipinski definition) is 5. The van der Waals surface area contributed by atoms with Crippen LogP contribution in [0.2, 0.25) is 0 Å². The third-order valence-corrected chi connectivity index (χ3v) is 3.12. The predicted molar refractivity (Wildman–Crippen MR) is 63.3 cm³/mol. The van der Waals surface area contributed by atoms with E-state index in [9.17, 15) is 0 Å². The van der Waals surface area contributed by atoms with Crippen molar-refractivity contribution in [2.45, 2.75) is 19.8 Å². The predicted octanol–water partition coefficient (Wildman–Crippen LogP) is 1.43. The molecule has 0 fully saturated rings. The minimum Gasteiger partial charge on any atom is -0.357 e. The highest BCUT2D eigenvalue weighted by Gasteiger charge is 2.05. The van der Waals surface area contributed by atoms with Crippen LogP contribution in [0.4, 0.5) is 5.13 Å². The zero-order valence-corrected chi connectivity index (χ0v) is 9.73. The summed E-state index contributed by atoms with van der Waals surface area (Å²) in [6, 6.07) is 0. The average molecular weight is 224 g/mol. The zero-order valence-electron chi connectivity index (χ0n) is 8.92. The molecule has 2 heterocycles. The molecular formula is C10H16N4S. The third kappa shape index (κ3) is 3.00. The standard InChI is InChI=1S/C10H16N4S/c1-2-9-13-10(15-14-9)12-7-8-3-5-11-6-4-8/h3,11H,2,4-7H2,1H3,(H,12,13,14). The summed E-state index contributed by atoms with van der Waals surface area (Å²) in [7, 11) is 0. The van der Waals surface area contributed by atoms with E-state index in [1.165, 1.54) is 17.1 Å². The molecule has 1 aromatic rings. The first-order chi connectivity index (χ1) is 7.38. The van der Waals surface area contributed by atoms with E-state index in [1.54, 1.807) is 0 Å². The van der Waals surface area contributed by atoms with Crippen LogP contribution in [0.25, 0.3) is 0 Å². The molecule has 82 valence electrons. The Balaban J connectivity index is 1.84. The van der Waals surface area contributed by atoms with Gasteiger partial charge in [0.15, 0.2) is 0 Å². The smallest absolute Gasteiger partial charge is 0.202 e. The minimum absolute atomic E-state index is 0.903. The summed E-state index contributed by atoms with van der Waals surface area (Å²) in [5.74, 6) is 0.932. The highest BCUT2D eigenvalue weighted by molar-refractivity contribution is 7.09. The SMILES string of the molecule is CCc1nsc(NCC2=CCNCC2)n1. The van der Waals surface area contributed by atoms with Crippen LogP contribution >= 0.6 is 11.5 Å². The molecule has 0 bridgehead atoms. The van der Waals surface area contributed by atoms with E-state index < -0.39 is 0 Å². The van der Waals surface area contributed by atoms with Crippen molar-refractivity contribution in [2.24, 2.45) is 0 Å². The van der Waals surface area contributed by atoms with Crippen molar-refractivity contribution in [3.8, 4) is 0 Å². The van der Waals surface area contributed by atoms with Gasteiger partial charge in [0.25, 0.3) is 0 Å². The largest absolute Gasteiger partial charge is 0.357 e. The molecule has 0 spiro atoms. The summed E-state index contributed by atoms with van der Waals surface area (Å²) >= 11 is 1.45. The maximum atomic E-state index is 4.37. The van der Waals surface area contributed by atoms with Crippen LogP contribution < -0.4 is 10.6 Å². The molecule has 0 atom stereocenters. The average Bonchev–Trinajstić information content (AvgIpc) is 2.76. The molecule has 2 rings (SSSR count). The Labute approximate surface area is 94.0 Å². The minimum atomic E-state index is 0.903. The summed E-state index contributed by atoms with van der Waals surface area (Å²) < 4.78 is 4.23. The van der Waals surface area contributed by atoms with Crippen LogP contribution in [0.3, 0.4) is 0 Å². The van der Waals surface area contributed by atoms with Gasteiger partial charge in [0.2, 0.25) is 5.13 Å². The summed E-state index contributed by atoms with van der Waals surface area (Å²) in [6.45, 7) is 5.05. The van der Waals surface area contributed by atoms with E-state index in [2.05, 4.69) is 33.0 Å². The van der Waals surface area contributed by atoms with Crippen molar-refractivity contribution in [1.82, 2.24) is 14.7 Å². The van der Waals surface area contributed by atoms with Gasteiger partial charge in [-0.2, -0.15) is 4.37 Å². The van der Waals surface area contributed by atoms with Gasteiger partial charge in [0.1, 0.15) is 5.82 Å². The molecule has 0 aromatic carbocycles. The van der Waals surface area contributed by atoms with Gasteiger partial charge in [-0.3, -0.25) is 0 Å². The number of nitrogens with one attached hydrogen (secondary N) is 2. The second kappa shape index (κ2) is 5.23. The molecule has 1 aromatic heterocycles. The van der Waals surface area contributed by atoms with E-state index in [0.717, 1.165) is 43.4 Å². The molecule has 0 saturated carbocycles. The van der Waals surface area contributed by atoms with Crippen LogP contribution in [0.15, 0.2) is 11.6 Å². The first-order valence-electron chi connectivity index (χ1n) is 5.33. The second-order valence-corrected chi connectivity index (χ2v) is 4.29. The normalized spacial score (nSPS) is 16.2. The van der Waals surface area contributed by atoms with Crippen LogP contribution in [-0.2, 0) is 6.42 Å². The first kappa shape index (κ1) is 10.6. The number of rotatable bonds is 4. The molecule has 0 unspecified atom stereocenters. The first-order valence-corrected chi connectivity index (χ1v) is 6.11. The fourth-order valence-corrected chi connectivity index (χ4v) is 2.13. The molecule has 1 aliphatic rings. The fraction of sp³-hybridized carbons (Fsp3) is 0.600. The Bertz CT molecular complexity index is 345. The van der Waals surface area contributed by atoms with Crippen LogP contribution in [0.5, 0.6) is 0 Å². The van der Waals surface area contributed by atoms with E-state index in [0.29, 0.717) is 0 Å². The van der Waals surface area contributed by atoms with Crippen LogP contribution in [0, 0.1) is 0 Å². The zero-order chi connectivity index (χ0) is 10.5. The van der Waals surface area contributed by atoms with E-state index in [4.69, 9.17) is 0 Å². The Kier molecular flexibility index (Phi) is 3.69. The summed E-state index contributed by atoms with van der Waals surface area (Å²) in [5.41, 5.74) is 1.46. The molecule has 2 N–H and O–H groups in total. The van der Waals surface area contributed by atoms with Crippen molar-refractivity contribution in [2.75, 3.05) is 25.0 Å². The number of aryl methyl sites for hydroxylation is 1. The molecule has 15 heavy (non-hydrogen) atoms. The van der Waals surface area contributed by atoms with Crippen LogP contribution in [-0.4, -0.2) is 29.0 Å². The van der Waals surface area contributed by atoms with Gasteiger partial charge >= 0.3 is 0 Å². The van der Waals surface area contributed by atoms with Crippen molar-refractivity contribution < 1.29 is 0 Å². The molecule has 4 nitrogen and oxygen atoms in total. The second-order valence-electron chi connectivity index (χ2n) is 3.54. The highest BCUT2D eigenvalue weighted by Crippen LogP contribution is 2.13. The van der Waals surface area contributed by atoms with Crippen LogP contribution in [0.1, 0.15) is 19.2 Å². The molecule has 1 aliphatic heterocycles. The Morgan fingerprint density at radius 2 is 2.53 bits per heavy atom. The maximum absolute atomic E-state index is 4.37. The van der Waals surface area contributed by atoms with Gasteiger partial charge in [-0.15, -0.1) is 0 Å². The van der Waals surface area contributed by atoms with Gasteiger partial charge in [-0.05, 0) is 13.0 Å². The number of nitrogens with zero attached hydrogens (tertiary/aromatic N) is 2. The third-order valence-electron chi connectivity index (χ3n) is 2.41. The van der Waals surface area contributed by atoms with Gasteiger partial charge in [0, 0.05) is 31.0 Å². The van der Waals surface area contributed by atoms with Crippen molar-refractivity contribution >= 4 is 16.7 Å². The molecule has 0 amide bonds. The van der Waals surface area contributed by atoms with E-state index in [-0.39, 0.29) is 0 Å². The van der Waals surface area contributed by atoms with Crippen molar-refractivity contribution in [3.63, 3.8) is 0 Å². The van der Waals surface area contributed by atoms with Gasteiger partial charge < -0.3 is 10.6 Å². The lowest BCUT2D eigenvalue weighted by Gasteiger charge is -2.13. The van der Waals surface area contributed by atoms with E-state index in [1.807, 2.05) is 0 Å². The fourth-order valence-electron chi connectivity index (χ4n) is 1.49. The number of aromatic nitrogens is 2. The Hall–Kier alpha value is -0.940. The molecule has 0 radical (unpaired) electrons. The number of anilines is 1. The topological polar surface area (TPSA) is 49.8 Å². The Morgan fingerprint density at radius 1 is 1.60 bits per heavy atom. The molecule has 0 saturated heterocycles. The molecule has 5 heteroatoms. The lowest BCUT2D eigenvalue weighted by Crippen LogP contribution is -2.23. The summed E-state index contributed by atoms with van der Waals surface area (Å²) in [5, 5.41) is 7.55. The van der Waals surface area contributed by atoms with Gasteiger partial charge in [-0.25, -0.2) is 4.98 Å². The lowest BCUT2D eigenvalue weighted by molar-refractivity contribution is 0.698. The monoisotopic (exact) mass is 224 g/mol. The van der Waals surface area contributed by atoms with Crippen molar-refractivity contribution in [3.05, 3.63) is 17.5 Å².